The molecule has 2 fully saturated rings. The maximum atomic E-state index is 13.0. The van der Waals surface area contributed by atoms with Crippen molar-refractivity contribution in [3.63, 3.8) is 0 Å². The average molecular weight is 568 g/mol. The molecule has 2 aliphatic rings. The number of hydrogen-bond acceptors (Lipinski definition) is 8. The van der Waals surface area contributed by atoms with Crippen LogP contribution in [-0.4, -0.2) is 70.3 Å². The van der Waals surface area contributed by atoms with Gasteiger partial charge in [-0.05, 0) is 80.6 Å². The molecule has 0 spiro atoms. The number of Topliss-reactive ketones (excluding diaryl/α,β-unsaturated/α-hetero) is 1. The van der Waals surface area contributed by atoms with E-state index in [2.05, 4.69) is 19.8 Å². The first-order chi connectivity index (χ1) is 19.0. The van der Waals surface area contributed by atoms with Crippen molar-refractivity contribution in [1.82, 2.24) is 14.8 Å². The number of benzene rings is 1. The number of ether oxygens (including phenoxy) is 1. The summed E-state index contributed by atoms with van der Waals surface area (Å²) in [4.78, 5) is 38.2. The molecule has 8 nitrogen and oxygen atoms in total. The second-order valence-corrected chi connectivity index (χ2v) is 12.5. The maximum absolute atomic E-state index is 13.0. The number of rotatable bonds is 8. The van der Waals surface area contributed by atoms with Crippen molar-refractivity contribution in [3.05, 3.63) is 58.2 Å². The summed E-state index contributed by atoms with van der Waals surface area (Å²) in [6, 6.07) is 9.50. The van der Waals surface area contributed by atoms with Crippen LogP contribution in [-0.2, 0) is 27.3 Å². The minimum absolute atomic E-state index is 0.0306. The average Bonchev–Trinajstić information content (AvgIpc) is 2.90. The highest BCUT2D eigenvalue weighted by Crippen LogP contribution is 2.33. The highest BCUT2D eigenvalue weighted by molar-refractivity contribution is 6.31. The van der Waals surface area contributed by atoms with E-state index in [-0.39, 0.29) is 11.7 Å². The fraction of sp³-hybridized carbons (Fsp3) is 0.548. The van der Waals surface area contributed by atoms with Crippen molar-refractivity contribution in [1.29, 1.82) is 0 Å². The van der Waals surface area contributed by atoms with Crippen LogP contribution < -0.4 is 5.11 Å². The summed E-state index contributed by atoms with van der Waals surface area (Å²) >= 11 is 6.13. The Bertz CT molecular complexity index is 1230. The first-order valence-electron chi connectivity index (χ1n) is 14.1. The zero-order chi connectivity index (χ0) is 28.9. The number of piperidine rings is 2. The Kier molecular flexibility index (Phi) is 9.64. The zero-order valence-corrected chi connectivity index (χ0v) is 24.7. The summed E-state index contributed by atoms with van der Waals surface area (Å²) in [6.45, 7) is 11.1. The van der Waals surface area contributed by atoms with Crippen LogP contribution in [0.15, 0.2) is 41.5 Å². The molecule has 2 aromatic rings. The van der Waals surface area contributed by atoms with Gasteiger partial charge in [-0.25, -0.2) is 9.98 Å². The summed E-state index contributed by atoms with van der Waals surface area (Å²) < 4.78 is 5.26. The Morgan fingerprint density at radius 1 is 1.15 bits per heavy atom. The summed E-state index contributed by atoms with van der Waals surface area (Å²) in [6.07, 6.45) is 5.62. The number of aromatic nitrogens is 1. The lowest BCUT2D eigenvalue weighted by molar-refractivity contribution is -0.259. The summed E-state index contributed by atoms with van der Waals surface area (Å²) in [5.74, 6) is 0.629. The second-order valence-electron chi connectivity index (χ2n) is 12.1. The van der Waals surface area contributed by atoms with E-state index in [9.17, 15) is 14.7 Å². The van der Waals surface area contributed by atoms with Crippen molar-refractivity contribution < 1.29 is 19.4 Å². The topological polar surface area (TPSA) is 98.2 Å². The number of pyridine rings is 1. The Morgan fingerprint density at radius 2 is 1.85 bits per heavy atom. The molecule has 0 saturated carbocycles. The van der Waals surface area contributed by atoms with Crippen LogP contribution in [0.3, 0.4) is 0 Å². The number of nitrogens with zero attached hydrogens (tertiary/aromatic N) is 4. The molecule has 0 amide bonds. The minimum atomic E-state index is -0.656. The van der Waals surface area contributed by atoms with Crippen molar-refractivity contribution >= 4 is 35.6 Å². The number of aliphatic imine (C=N–C) groups is 1. The molecule has 1 aromatic heterocycles. The molecule has 0 radical (unpaired) electrons. The molecule has 2 aliphatic heterocycles. The number of carbonyl (C=O) groups excluding carboxylic acids is 2. The van der Waals surface area contributed by atoms with Crippen LogP contribution in [0, 0.1) is 12.8 Å². The molecule has 9 heteroatoms. The first kappa shape index (κ1) is 30.2. The Hall–Kier alpha value is -2.81. The number of halogens is 1. The van der Waals surface area contributed by atoms with E-state index in [0.29, 0.717) is 23.8 Å². The van der Waals surface area contributed by atoms with Crippen molar-refractivity contribution in [2.45, 2.75) is 77.5 Å². The minimum Gasteiger partial charge on any atom is -0.594 e. The van der Waals surface area contributed by atoms with Crippen LogP contribution in [0.25, 0.3) is 0 Å². The maximum Gasteiger partial charge on any atom is 0.154 e. The normalized spacial score (nSPS) is 19.4. The SMILES string of the molecule is Cc1cc(CC(=O)C2CCN(C3(C=O)CCN(Cc4ccnc(N=C([O-])OC(C)(C)C)c4)CC3)CC2)ccc1Cl. The zero-order valence-electron chi connectivity index (χ0n) is 24.0. The third kappa shape index (κ3) is 7.89. The lowest BCUT2D eigenvalue weighted by Gasteiger charge is -2.48. The van der Waals surface area contributed by atoms with Crippen molar-refractivity contribution in [3.8, 4) is 0 Å². The van der Waals surface area contributed by atoms with Gasteiger partial charge in [-0.15, -0.1) is 0 Å². The number of likely N-dealkylation sites (tertiary alicyclic amines) is 2. The number of hydrogen-bond donors (Lipinski definition) is 0. The molecule has 0 aliphatic carbocycles. The molecular weight excluding hydrogens is 528 g/mol. The number of ketones is 1. The van der Waals surface area contributed by atoms with Gasteiger partial charge in [0.25, 0.3) is 0 Å². The van der Waals surface area contributed by atoms with Crippen LogP contribution in [0.2, 0.25) is 5.02 Å². The Balaban J connectivity index is 1.28. The third-order valence-corrected chi connectivity index (χ3v) is 8.36. The van der Waals surface area contributed by atoms with E-state index < -0.39 is 17.2 Å². The van der Waals surface area contributed by atoms with Gasteiger partial charge in [0.1, 0.15) is 12.1 Å². The van der Waals surface area contributed by atoms with Gasteiger partial charge in [-0.3, -0.25) is 14.6 Å². The summed E-state index contributed by atoms with van der Waals surface area (Å²) in [5, 5.41) is 12.8. The van der Waals surface area contributed by atoms with E-state index in [1.165, 1.54) is 0 Å². The van der Waals surface area contributed by atoms with Gasteiger partial charge in [-0.1, -0.05) is 44.5 Å². The predicted octanol–water partition coefficient (Wildman–Crippen LogP) is 4.26. The molecule has 0 atom stereocenters. The highest BCUT2D eigenvalue weighted by Gasteiger charge is 2.41. The van der Waals surface area contributed by atoms with Gasteiger partial charge in [0.05, 0.1) is 5.54 Å². The number of aryl methyl sites for hydroxylation is 1. The smallest absolute Gasteiger partial charge is 0.154 e. The quantitative estimate of drug-likeness (QED) is 0.267. The second kappa shape index (κ2) is 12.8. The van der Waals surface area contributed by atoms with E-state index in [0.717, 1.165) is 74.8 Å². The largest absolute Gasteiger partial charge is 0.594 e. The standard InChI is InChI=1S/C31H41ClN4O4/c1-22-17-23(5-6-26(22)32)18-27(38)25-8-13-36(14-9-25)31(21-37)10-15-35(16-11-31)20-24-7-12-33-28(19-24)34-29(39)40-30(2,3)4/h5-7,12,17,19,21,25H,8-11,13-16,18,20H2,1-4H3,(H,33,34,39)/p-1. The molecule has 40 heavy (non-hydrogen) atoms. The van der Waals surface area contributed by atoms with Crippen molar-refractivity contribution in [2.75, 3.05) is 26.2 Å². The van der Waals surface area contributed by atoms with Crippen molar-refractivity contribution in [2.24, 2.45) is 10.9 Å². The molecule has 3 heterocycles. The molecule has 216 valence electrons. The number of aldehydes is 1. The van der Waals surface area contributed by atoms with Gasteiger partial charge >= 0.3 is 0 Å². The van der Waals surface area contributed by atoms with E-state index in [1.54, 1.807) is 33.0 Å². The molecule has 4 rings (SSSR count). The molecule has 0 bridgehead atoms. The molecule has 0 unspecified atom stereocenters. The van der Waals surface area contributed by atoms with Gasteiger partial charge in [-0.2, -0.15) is 0 Å². The highest BCUT2D eigenvalue weighted by atomic mass is 35.5. The fourth-order valence-electron chi connectivity index (χ4n) is 5.67. The first-order valence-corrected chi connectivity index (χ1v) is 14.5. The van der Waals surface area contributed by atoms with Gasteiger partial charge in [0.2, 0.25) is 0 Å². The van der Waals surface area contributed by atoms with E-state index in [1.807, 2.05) is 31.2 Å². The van der Waals surface area contributed by atoms with E-state index in [4.69, 9.17) is 16.3 Å². The van der Waals surface area contributed by atoms with Gasteiger partial charge in [0.15, 0.2) is 11.9 Å². The number of carbonyl (C=O) groups is 2. The van der Waals surface area contributed by atoms with Crippen LogP contribution in [0.1, 0.15) is 63.1 Å². The Morgan fingerprint density at radius 3 is 2.48 bits per heavy atom. The third-order valence-electron chi connectivity index (χ3n) is 7.94. The van der Waals surface area contributed by atoms with Crippen LogP contribution in [0.4, 0.5) is 5.82 Å². The molecule has 2 saturated heterocycles. The molecule has 1 aromatic carbocycles. The van der Waals surface area contributed by atoms with Gasteiger partial charge in [0, 0.05) is 48.8 Å². The lowest BCUT2D eigenvalue weighted by atomic mass is 9.82. The monoisotopic (exact) mass is 567 g/mol. The summed E-state index contributed by atoms with van der Waals surface area (Å²) in [7, 11) is 0. The molecular formula is C31H40ClN4O4-. The van der Waals surface area contributed by atoms with Gasteiger partial charge < -0.3 is 14.6 Å². The summed E-state index contributed by atoms with van der Waals surface area (Å²) in [5.41, 5.74) is 1.91. The van der Waals surface area contributed by atoms with Crippen LogP contribution in [0.5, 0.6) is 0 Å². The van der Waals surface area contributed by atoms with Crippen LogP contribution >= 0.6 is 11.6 Å². The van der Waals surface area contributed by atoms with E-state index >= 15 is 0 Å². The molecule has 0 N–H and O–H groups in total. The predicted molar refractivity (Wildman–Crippen MR) is 155 cm³/mol. The fourth-order valence-corrected chi connectivity index (χ4v) is 5.79. The lowest BCUT2D eigenvalue weighted by Crippen LogP contribution is -2.58. The Labute approximate surface area is 242 Å².